The Hall–Kier alpha value is -1.39. The van der Waals surface area contributed by atoms with Crippen molar-refractivity contribution in [1.29, 1.82) is 0 Å². The summed E-state index contributed by atoms with van der Waals surface area (Å²) in [6.07, 6.45) is 0.527. The molecule has 0 aliphatic rings. The summed E-state index contributed by atoms with van der Waals surface area (Å²) in [7, 11) is 3.99. The van der Waals surface area contributed by atoms with Gasteiger partial charge in [-0.25, -0.2) is 0 Å². The van der Waals surface area contributed by atoms with E-state index in [0.717, 1.165) is 13.1 Å². The standard InChI is InChI=1S/C15H25N3O/c1-13-6-4-5-7-14(13)12-16-9-8-15(19)17-10-11-18(2)3/h4-7,16H,8-12H2,1-3H3,(H,17,19). The van der Waals surface area contributed by atoms with E-state index >= 15 is 0 Å². The van der Waals surface area contributed by atoms with Gasteiger partial charge in [0.1, 0.15) is 0 Å². The van der Waals surface area contributed by atoms with Crippen molar-refractivity contribution in [3.05, 3.63) is 35.4 Å². The fraction of sp³-hybridized carbons (Fsp3) is 0.533. The average Bonchev–Trinajstić information content (AvgIpc) is 2.36. The van der Waals surface area contributed by atoms with E-state index in [4.69, 9.17) is 0 Å². The first-order valence-electron chi connectivity index (χ1n) is 6.76. The number of carbonyl (C=O) groups excluding carboxylic acids is 1. The average molecular weight is 263 g/mol. The van der Waals surface area contributed by atoms with Crippen LogP contribution in [0.15, 0.2) is 24.3 Å². The van der Waals surface area contributed by atoms with Gasteiger partial charge in [0.25, 0.3) is 0 Å². The van der Waals surface area contributed by atoms with Crippen molar-refractivity contribution in [2.75, 3.05) is 33.7 Å². The van der Waals surface area contributed by atoms with Gasteiger partial charge in [0, 0.05) is 32.6 Å². The van der Waals surface area contributed by atoms with Crippen LogP contribution in [0, 0.1) is 6.92 Å². The van der Waals surface area contributed by atoms with E-state index in [1.54, 1.807) is 0 Å². The lowest BCUT2D eigenvalue weighted by molar-refractivity contribution is -0.121. The number of carbonyl (C=O) groups is 1. The highest BCUT2D eigenvalue weighted by Gasteiger charge is 2.01. The molecule has 0 aliphatic carbocycles. The van der Waals surface area contributed by atoms with Crippen LogP contribution in [0.2, 0.25) is 0 Å². The van der Waals surface area contributed by atoms with Gasteiger partial charge >= 0.3 is 0 Å². The Bertz CT molecular complexity index is 391. The molecular formula is C15H25N3O. The topological polar surface area (TPSA) is 44.4 Å². The zero-order valence-electron chi connectivity index (χ0n) is 12.2. The van der Waals surface area contributed by atoms with Crippen LogP contribution in [0.1, 0.15) is 17.5 Å². The Morgan fingerprint density at radius 2 is 1.95 bits per heavy atom. The molecule has 0 atom stereocenters. The van der Waals surface area contributed by atoms with Crippen LogP contribution in [0.25, 0.3) is 0 Å². The van der Waals surface area contributed by atoms with Gasteiger partial charge in [-0.2, -0.15) is 0 Å². The van der Waals surface area contributed by atoms with Crippen molar-refractivity contribution in [2.24, 2.45) is 0 Å². The number of rotatable bonds is 8. The molecule has 0 saturated heterocycles. The zero-order valence-corrected chi connectivity index (χ0v) is 12.2. The van der Waals surface area contributed by atoms with E-state index in [-0.39, 0.29) is 5.91 Å². The third kappa shape index (κ3) is 6.94. The van der Waals surface area contributed by atoms with Crippen LogP contribution in [-0.4, -0.2) is 44.5 Å². The van der Waals surface area contributed by atoms with Crippen LogP contribution in [0.4, 0.5) is 0 Å². The number of benzene rings is 1. The lowest BCUT2D eigenvalue weighted by Crippen LogP contribution is -2.33. The van der Waals surface area contributed by atoms with Gasteiger partial charge in [-0.3, -0.25) is 4.79 Å². The molecule has 1 aromatic rings. The van der Waals surface area contributed by atoms with Crippen molar-refractivity contribution in [3.63, 3.8) is 0 Å². The fourth-order valence-electron chi connectivity index (χ4n) is 1.74. The summed E-state index contributed by atoms with van der Waals surface area (Å²) in [4.78, 5) is 13.6. The number of amides is 1. The predicted octanol–water partition coefficient (Wildman–Crippen LogP) is 1.15. The van der Waals surface area contributed by atoms with Crippen molar-refractivity contribution in [3.8, 4) is 0 Å². The monoisotopic (exact) mass is 263 g/mol. The third-order valence-electron chi connectivity index (χ3n) is 2.99. The Labute approximate surface area is 116 Å². The fourth-order valence-corrected chi connectivity index (χ4v) is 1.74. The summed E-state index contributed by atoms with van der Waals surface area (Å²) in [5.41, 5.74) is 2.57. The highest BCUT2D eigenvalue weighted by molar-refractivity contribution is 5.76. The van der Waals surface area contributed by atoms with E-state index in [0.29, 0.717) is 19.5 Å². The van der Waals surface area contributed by atoms with Gasteiger partial charge in [-0.15, -0.1) is 0 Å². The molecule has 0 radical (unpaired) electrons. The molecule has 1 aromatic carbocycles. The molecule has 1 amide bonds. The SMILES string of the molecule is Cc1ccccc1CNCCC(=O)NCCN(C)C. The zero-order chi connectivity index (χ0) is 14.1. The third-order valence-corrected chi connectivity index (χ3v) is 2.99. The van der Waals surface area contributed by atoms with Crippen LogP contribution < -0.4 is 10.6 Å². The normalized spacial score (nSPS) is 10.7. The largest absolute Gasteiger partial charge is 0.355 e. The molecule has 4 heteroatoms. The summed E-state index contributed by atoms with van der Waals surface area (Å²) >= 11 is 0. The number of nitrogens with one attached hydrogen (secondary N) is 2. The second kappa shape index (κ2) is 8.67. The highest BCUT2D eigenvalue weighted by Crippen LogP contribution is 2.05. The lowest BCUT2D eigenvalue weighted by atomic mass is 10.1. The smallest absolute Gasteiger partial charge is 0.221 e. The molecule has 106 valence electrons. The van der Waals surface area contributed by atoms with Gasteiger partial charge < -0.3 is 15.5 Å². The molecule has 0 aliphatic heterocycles. The molecule has 0 saturated carbocycles. The minimum absolute atomic E-state index is 0.110. The summed E-state index contributed by atoms with van der Waals surface area (Å²) in [6.45, 7) is 5.22. The first kappa shape index (κ1) is 15.7. The Morgan fingerprint density at radius 3 is 2.63 bits per heavy atom. The maximum atomic E-state index is 11.5. The van der Waals surface area contributed by atoms with E-state index in [1.807, 2.05) is 26.2 Å². The Morgan fingerprint density at radius 1 is 1.21 bits per heavy atom. The molecule has 19 heavy (non-hydrogen) atoms. The molecule has 1 rings (SSSR count). The summed E-state index contributed by atoms with van der Waals surface area (Å²) < 4.78 is 0. The molecule has 0 fully saturated rings. The van der Waals surface area contributed by atoms with Gasteiger partial charge in [-0.1, -0.05) is 24.3 Å². The van der Waals surface area contributed by atoms with Gasteiger partial charge in [0.2, 0.25) is 5.91 Å². The number of likely N-dealkylation sites (N-methyl/N-ethyl adjacent to an activating group) is 1. The van der Waals surface area contributed by atoms with Crippen LogP contribution in [-0.2, 0) is 11.3 Å². The van der Waals surface area contributed by atoms with Crippen LogP contribution in [0.3, 0.4) is 0 Å². The minimum atomic E-state index is 0.110. The number of nitrogens with zero attached hydrogens (tertiary/aromatic N) is 1. The molecule has 0 aromatic heterocycles. The lowest BCUT2D eigenvalue weighted by Gasteiger charge is -2.11. The van der Waals surface area contributed by atoms with Gasteiger partial charge in [-0.05, 0) is 32.1 Å². The van der Waals surface area contributed by atoms with Gasteiger partial charge in [0.05, 0.1) is 0 Å². The van der Waals surface area contributed by atoms with E-state index in [1.165, 1.54) is 11.1 Å². The van der Waals surface area contributed by atoms with Crippen molar-refractivity contribution < 1.29 is 4.79 Å². The summed E-state index contributed by atoms with van der Waals surface area (Å²) in [5, 5.41) is 6.20. The Kier molecular flexibility index (Phi) is 7.15. The van der Waals surface area contributed by atoms with Gasteiger partial charge in [0.15, 0.2) is 0 Å². The summed E-state index contributed by atoms with van der Waals surface area (Å²) in [6, 6.07) is 8.29. The first-order valence-corrected chi connectivity index (χ1v) is 6.76. The maximum absolute atomic E-state index is 11.5. The van der Waals surface area contributed by atoms with Crippen LogP contribution >= 0.6 is 0 Å². The maximum Gasteiger partial charge on any atom is 0.221 e. The molecule has 2 N–H and O–H groups in total. The summed E-state index contributed by atoms with van der Waals surface area (Å²) in [5.74, 6) is 0.110. The number of aryl methyl sites for hydroxylation is 1. The Balaban J connectivity index is 2.10. The van der Waals surface area contributed by atoms with E-state index < -0.39 is 0 Å². The second-order valence-corrected chi connectivity index (χ2v) is 5.01. The van der Waals surface area contributed by atoms with Crippen LogP contribution in [0.5, 0.6) is 0 Å². The van der Waals surface area contributed by atoms with Crippen molar-refractivity contribution in [1.82, 2.24) is 15.5 Å². The van der Waals surface area contributed by atoms with Crippen molar-refractivity contribution >= 4 is 5.91 Å². The van der Waals surface area contributed by atoms with E-state index in [9.17, 15) is 4.79 Å². The molecule has 0 spiro atoms. The predicted molar refractivity (Wildman–Crippen MR) is 79.1 cm³/mol. The molecular weight excluding hydrogens is 238 g/mol. The quantitative estimate of drug-likeness (QED) is 0.692. The second-order valence-electron chi connectivity index (χ2n) is 5.01. The number of hydrogen-bond acceptors (Lipinski definition) is 3. The van der Waals surface area contributed by atoms with Crippen molar-refractivity contribution in [2.45, 2.75) is 19.9 Å². The number of hydrogen-bond donors (Lipinski definition) is 2. The minimum Gasteiger partial charge on any atom is -0.355 e. The molecule has 0 heterocycles. The molecule has 4 nitrogen and oxygen atoms in total. The first-order chi connectivity index (χ1) is 9.09. The van der Waals surface area contributed by atoms with E-state index in [2.05, 4.69) is 34.6 Å². The molecule has 0 bridgehead atoms. The highest BCUT2D eigenvalue weighted by atomic mass is 16.1. The molecule has 0 unspecified atom stereocenters.